The number of benzene rings is 1. The third-order valence-corrected chi connectivity index (χ3v) is 3.35. The summed E-state index contributed by atoms with van der Waals surface area (Å²) in [6, 6.07) is 14.6. The van der Waals surface area contributed by atoms with Gasteiger partial charge in [-0.2, -0.15) is 5.26 Å². The minimum Gasteiger partial charge on any atom is -0.375 e. The first-order valence-corrected chi connectivity index (χ1v) is 7.17. The Morgan fingerprint density at radius 3 is 2.70 bits per heavy atom. The standard InChI is InChI=1S/C16H17N5O2/c1-20(13-6-3-2-4-7-13)11-5-10-18-16-9-8-15(21(22)23)14(12-17)19-16/h2-4,6-9H,5,10-11H2,1H3,(H,18,19). The van der Waals surface area contributed by atoms with Gasteiger partial charge in [-0.1, -0.05) is 18.2 Å². The Morgan fingerprint density at radius 1 is 1.30 bits per heavy atom. The molecule has 118 valence electrons. The van der Waals surface area contributed by atoms with Gasteiger partial charge in [-0.05, 0) is 24.6 Å². The van der Waals surface area contributed by atoms with Crippen molar-refractivity contribution in [2.45, 2.75) is 6.42 Å². The lowest BCUT2D eigenvalue weighted by Crippen LogP contribution is -2.20. The third-order valence-electron chi connectivity index (χ3n) is 3.35. The molecule has 0 radical (unpaired) electrons. The molecule has 2 aromatic rings. The van der Waals surface area contributed by atoms with E-state index in [0.29, 0.717) is 12.4 Å². The number of nitriles is 1. The highest BCUT2D eigenvalue weighted by Crippen LogP contribution is 2.18. The predicted octanol–water partition coefficient (Wildman–Crippen LogP) is 2.80. The fourth-order valence-corrected chi connectivity index (χ4v) is 2.12. The maximum Gasteiger partial charge on any atom is 0.305 e. The summed E-state index contributed by atoms with van der Waals surface area (Å²) in [5, 5.41) is 22.7. The quantitative estimate of drug-likeness (QED) is 0.480. The zero-order valence-corrected chi connectivity index (χ0v) is 12.8. The molecule has 0 aliphatic carbocycles. The second-order valence-electron chi connectivity index (χ2n) is 4.97. The number of para-hydroxylation sites is 1. The van der Waals surface area contributed by atoms with Crippen molar-refractivity contribution in [2.75, 3.05) is 30.4 Å². The van der Waals surface area contributed by atoms with Crippen LogP contribution in [0.25, 0.3) is 0 Å². The van der Waals surface area contributed by atoms with E-state index in [4.69, 9.17) is 5.26 Å². The molecule has 0 spiro atoms. The Bertz CT molecular complexity index is 712. The molecular weight excluding hydrogens is 294 g/mol. The predicted molar refractivity (Wildman–Crippen MR) is 88.4 cm³/mol. The normalized spacial score (nSPS) is 9.91. The van der Waals surface area contributed by atoms with Crippen LogP contribution in [0.5, 0.6) is 0 Å². The van der Waals surface area contributed by atoms with Crippen molar-refractivity contribution in [3.05, 3.63) is 58.3 Å². The Hall–Kier alpha value is -3.14. The van der Waals surface area contributed by atoms with Crippen LogP contribution >= 0.6 is 0 Å². The van der Waals surface area contributed by atoms with Gasteiger partial charge in [0.2, 0.25) is 5.69 Å². The van der Waals surface area contributed by atoms with Crippen molar-refractivity contribution < 1.29 is 4.92 Å². The highest BCUT2D eigenvalue weighted by Gasteiger charge is 2.15. The Balaban J connectivity index is 1.85. The fourth-order valence-electron chi connectivity index (χ4n) is 2.12. The smallest absolute Gasteiger partial charge is 0.305 e. The first-order valence-electron chi connectivity index (χ1n) is 7.17. The molecule has 0 fully saturated rings. The van der Waals surface area contributed by atoms with E-state index < -0.39 is 4.92 Å². The molecule has 1 heterocycles. The number of rotatable bonds is 7. The van der Waals surface area contributed by atoms with Gasteiger partial charge in [0.15, 0.2) is 0 Å². The van der Waals surface area contributed by atoms with E-state index in [0.717, 1.165) is 18.7 Å². The maximum absolute atomic E-state index is 10.8. The zero-order valence-electron chi connectivity index (χ0n) is 12.8. The first kappa shape index (κ1) is 16.2. The van der Waals surface area contributed by atoms with Gasteiger partial charge in [0.25, 0.3) is 0 Å². The van der Waals surface area contributed by atoms with Crippen molar-refractivity contribution in [3.8, 4) is 6.07 Å². The van der Waals surface area contributed by atoms with Crippen LogP contribution in [0.2, 0.25) is 0 Å². The highest BCUT2D eigenvalue weighted by molar-refractivity contribution is 5.50. The number of nitrogens with one attached hydrogen (secondary N) is 1. The molecular formula is C16H17N5O2. The molecule has 0 atom stereocenters. The van der Waals surface area contributed by atoms with E-state index in [1.54, 1.807) is 6.07 Å². The summed E-state index contributed by atoms with van der Waals surface area (Å²) in [5.74, 6) is 0.467. The van der Waals surface area contributed by atoms with Crippen LogP contribution in [0.3, 0.4) is 0 Å². The van der Waals surface area contributed by atoms with Crippen LogP contribution in [0.15, 0.2) is 42.5 Å². The van der Waals surface area contributed by atoms with Crippen molar-refractivity contribution >= 4 is 17.2 Å². The van der Waals surface area contributed by atoms with Crippen molar-refractivity contribution in [2.24, 2.45) is 0 Å². The highest BCUT2D eigenvalue weighted by atomic mass is 16.6. The summed E-state index contributed by atoms with van der Waals surface area (Å²) in [7, 11) is 2.02. The first-order chi connectivity index (χ1) is 11.1. The van der Waals surface area contributed by atoms with Gasteiger partial charge in [0.1, 0.15) is 11.9 Å². The number of hydrogen-bond acceptors (Lipinski definition) is 6. The molecule has 0 unspecified atom stereocenters. The summed E-state index contributed by atoms with van der Waals surface area (Å²) in [5.41, 5.74) is 0.691. The number of hydrogen-bond donors (Lipinski definition) is 1. The average molecular weight is 311 g/mol. The maximum atomic E-state index is 10.8. The molecule has 7 heteroatoms. The molecule has 0 aliphatic rings. The van der Waals surface area contributed by atoms with Crippen molar-refractivity contribution in [1.29, 1.82) is 5.26 Å². The van der Waals surface area contributed by atoms with Crippen LogP contribution in [0, 0.1) is 21.4 Å². The summed E-state index contributed by atoms with van der Waals surface area (Å²) >= 11 is 0. The lowest BCUT2D eigenvalue weighted by Gasteiger charge is -2.19. The molecule has 23 heavy (non-hydrogen) atoms. The van der Waals surface area contributed by atoms with E-state index in [2.05, 4.69) is 15.2 Å². The zero-order chi connectivity index (χ0) is 16.7. The van der Waals surface area contributed by atoms with Crippen LogP contribution in [-0.2, 0) is 0 Å². The Morgan fingerprint density at radius 2 is 2.04 bits per heavy atom. The molecule has 1 aromatic heterocycles. The SMILES string of the molecule is CN(CCCNc1ccc([N+](=O)[O-])c(C#N)n1)c1ccccc1. The van der Waals surface area contributed by atoms with Gasteiger partial charge in [-0.3, -0.25) is 10.1 Å². The summed E-state index contributed by atoms with van der Waals surface area (Å²) < 4.78 is 0. The van der Waals surface area contributed by atoms with Gasteiger partial charge >= 0.3 is 5.69 Å². The minimum atomic E-state index is -0.607. The van der Waals surface area contributed by atoms with Gasteiger partial charge in [0, 0.05) is 31.9 Å². The Kier molecular flexibility index (Phi) is 5.47. The number of pyridine rings is 1. The Labute approximate surface area is 134 Å². The van der Waals surface area contributed by atoms with E-state index in [1.165, 1.54) is 12.1 Å². The third kappa shape index (κ3) is 4.41. The van der Waals surface area contributed by atoms with Gasteiger partial charge in [0.05, 0.1) is 4.92 Å². The molecule has 7 nitrogen and oxygen atoms in total. The molecule has 0 aliphatic heterocycles. The van der Waals surface area contributed by atoms with E-state index in [1.807, 2.05) is 37.4 Å². The molecule has 1 aromatic carbocycles. The average Bonchev–Trinajstić information content (AvgIpc) is 2.58. The van der Waals surface area contributed by atoms with Crippen LogP contribution in [-0.4, -0.2) is 30.0 Å². The summed E-state index contributed by atoms with van der Waals surface area (Å²) in [4.78, 5) is 16.2. The van der Waals surface area contributed by atoms with Gasteiger partial charge in [-0.15, -0.1) is 0 Å². The van der Waals surface area contributed by atoms with Crippen molar-refractivity contribution in [1.82, 2.24) is 4.98 Å². The summed E-state index contributed by atoms with van der Waals surface area (Å²) in [6.07, 6.45) is 0.867. The van der Waals surface area contributed by atoms with Crippen LogP contribution in [0.1, 0.15) is 12.1 Å². The number of nitrogens with zero attached hydrogens (tertiary/aromatic N) is 4. The minimum absolute atomic E-state index is 0.179. The number of anilines is 2. The number of nitro groups is 1. The number of aromatic nitrogens is 1. The monoisotopic (exact) mass is 311 g/mol. The van der Waals surface area contributed by atoms with E-state index in [9.17, 15) is 10.1 Å². The lowest BCUT2D eigenvalue weighted by molar-refractivity contribution is -0.385. The van der Waals surface area contributed by atoms with E-state index >= 15 is 0 Å². The molecule has 0 amide bonds. The molecule has 0 saturated carbocycles. The second-order valence-corrected chi connectivity index (χ2v) is 4.97. The van der Waals surface area contributed by atoms with Gasteiger partial charge < -0.3 is 10.2 Å². The largest absolute Gasteiger partial charge is 0.375 e. The molecule has 1 N–H and O–H groups in total. The van der Waals surface area contributed by atoms with E-state index in [-0.39, 0.29) is 11.4 Å². The summed E-state index contributed by atoms with van der Waals surface area (Å²) in [6.45, 7) is 1.52. The van der Waals surface area contributed by atoms with Crippen LogP contribution in [0.4, 0.5) is 17.2 Å². The van der Waals surface area contributed by atoms with Gasteiger partial charge in [-0.25, -0.2) is 4.98 Å². The topological polar surface area (TPSA) is 95.1 Å². The van der Waals surface area contributed by atoms with Crippen molar-refractivity contribution in [3.63, 3.8) is 0 Å². The fraction of sp³-hybridized carbons (Fsp3) is 0.250. The lowest BCUT2D eigenvalue weighted by atomic mass is 10.3. The second kappa shape index (κ2) is 7.75. The molecule has 0 bridgehead atoms. The van der Waals surface area contributed by atoms with Crippen LogP contribution < -0.4 is 10.2 Å². The molecule has 0 saturated heterocycles. The molecule has 2 rings (SSSR count).